The largest absolute Gasteiger partial charge is 0.390 e. The minimum absolute atomic E-state index is 0.419. The fourth-order valence-electron chi connectivity index (χ4n) is 3.39. The van der Waals surface area contributed by atoms with E-state index in [1.54, 1.807) is 0 Å². The first-order valence-corrected chi connectivity index (χ1v) is 7.18. The molecule has 0 heterocycles. The Hall–Kier alpha value is -0.0400. The maximum absolute atomic E-state index is 10.6. The van der Waals surface area contributed by atoms with Crippen molar-refractivity contribution in [3.8, 4) is 0 Å². The van der Waals surface area contributed by atoms with Crippen molar-refractivity contribution in [1.82, 2.24) is 0 Å². The van der Waals surface area contributed by atoms with E-state index in [4.69, 9.17) is 0 Å². The molecule has 0 aromatic carbocycles. The Kier molecular flexibility index (Phi) is 5.30. The number of aliphatic hydroxyl groups is 1. The maximum Gasteiger partial charge on any atom is 0.0648 e. The number of rotatable bonds is 5. The first-order chi connectivity index (χ1) is 7.45. The summed E-state index contributed by atoms with van der Waals surface area (Å²) in [5, 5.41) is 10.6. The third-order valence-corrected chi connectivity index (χ3v) is 4.34. The van der Waals surface area contributed by atoms with E-state index in [1.165, 1.54) is 38.5 Å². The topological polar surface area (TPSA) is 20.2 Å². The van der Waals surface area contributed by atoms with Gasteiger partial charge in [-0.15, -0.1) is 0 Å². The third kappa shape index (κ3) is 4.08. The quantitative estimate of drug-likeness (QED) is 0.689. The predicted molar refractivity (Wildman–Crippen MR) is 70.4 cm³/mol. The zero-order valence-electron chi connectivity index (χ0n) is 11.6. The van der Waals surface area contributed by atoms with Crippen LogP contribution in [-0.4, -0.2) is 10.7 Å². The molecule has 1 N–H and O–H groups in total. The Morgan fingerprint density at radius 1 is 1.06 bits per heavy atom. The van der Waals surface area contributed by atoms with E-state index in [-0.39, 0.29) is 0 Å². The van der Waals surface area contributed by atoms with Gasteiger partial charge in [0.05, 0.1) is 5.60 Å². The molecule has 1 aliphatic rings. The molecule has 0 radical (unpaired) electrons. The molecule has 1 saturated carbocycles. The summed E-state index contributed by atoms with van der Waals surface area (Å²) < 4.78 is 0. The molecule has 0 aliphatic heterocycles. The van der Waals surface area contributed by atoms with Gasteiger partial charge in [0.1, 0.15) is 0 Å². The number of hydrogen-bond acceptors (Lipinski definition) is 1. The van der Waals surface area contributed by atoms with Crippen molar-refractivity contribution in [2.75, 3.05) is 0 Å². The van der Waals surface area contributed by atoms with E-state index in [1.807, 2.05) is 0 Å². The molecule has 3 atom stereocenters. The highest BCUT2D eigenvalue weighted by Crippen LogP contribution is 2.40. The maximum atomic E-state index is 10.6. The lowest BCUT2D eigenvalue weighted by Gasteiger charge is -2.40. The molecule has 1 heteroatoms. The van der Waals surface area contributed by atoms with Crippen molar-refractivity contribution in [3.05, 3.63) is 0 Å². The predicted octanol–water partition coefficient (Wildman–Crippen LogP) is 4.39. The Balaban J connectivity index is 2.46. The molecule has 0 saturated heterocycles. The highest BCUT2D eigenvalue weighted by Gasteiger charge is 2.36. The van der Waals surface area contributed by atoms with Crippen LogP contribution in [0.15, 0.2) is 0 Å². The van der Waals surface area contributed by atoms with Crippen LogP contribution in [0.5, 0.6) is 0 Å². The summed E-state index contributed by atoms with van der Waals surface area (Å²) in [6.07, 6.45) is 8.48. The number of hydrogen-bond donors (Lipinski definition) is 1. The minimum atomic E-state index is -0.419. The van der Waals surface area contributed by atoms with E-state index in [2.05, 4.69) is 27.7 Å². The van der Waals surface area contributed by atoms with Crippen molar-refractivity contribution in [2.45, 2.75) is 78.2 Å². The molecular formula is C15H30O. The molecule has 0 amide bonds. The van der Waals surface area contributed by atoms with Gasteiger partial charge in [0.25, 0.3) is 0 Å². The first-order valence-electron chi connectivity index (χ1n) is 7.18. The second-order valence-corrected chi connectivity index (χ2v) is 6.43. The molecule has 96 valence electrons. The lowest BCUT2D eigenvalue weighted by molar-refractivity contribution is -0.0414. The molecule has 1 nitrogen and oxygen atoms in total. The van der Waals surface area contributed by atoms with Crippen LogP contribution in [0.1, 0.15) is 72.6 Å². The molecule has 16 heavy (non-hydrogen) atoms. The molecule has 0 bridgehead atoms. The third-order valence-electron chi connectivity index (χ3n) is 4.34. The SMILES string of the molecule is CCCCCC(C)(O)C1CC(C)CC(C)C1. The van der Waals surface area contributed by atoms with Crippen LogP contribution in [0.25, 0.3) is 0 Å². The van der Waals surface area contributed by atoms with Gasteiger partial charge < -0.3 is 5.11 Å². The zero-order valence-corrected chi connectivity index (χ0v) is 11.6. The summed E-state index contributed by atoms with van der Waals surface area (Å²) in [6.45, 7) is 8.97. The molecule has 1 aliphatic carbocycles. The fourth-order valence-corrected chi connectivity index (χ4v) is 3.39. The van der Waals surface area contributed by atoms with Gasteiger partial charge in [0.15, 0.2) is 0 Å². The zero-order chi connectivity index (χ0) is 12.2. The van der Waals surface area contributed by atoms with Gasteiger partial charge in [0, 0.05) is 0 Å². The van der Waals surface area contributed by atoms with Crippen molar-refractivity contribution < 1.29 is 5.11 Å². The summed E-state index contributed by atoms with van der Waals surface area (Å²) in [5.74, 6) is 2.13. The van der Waals surface area contributed by atoms with Gasteiger partial charge in [-0.2, -0.15) is 0 Å². The standard InChI is InChI=1S/C15H30O/c1-5-6-7-8-15(4,16)14-10-12(2)9-13(3)11-14/h12-14,16H,5-11H2,1-4H3. The van der Waals surface area contributed by atoms with Gasteiger partial charge in [-0.05, 0) is 50.4 Å². The number of unbranched alkanes of at least 4 members (excludes halogenated alkanes) is 2. The van der Waals surface area contributed by atoms with Crippen molar-refractivity contribution in [3.63, 3.8) is 0 Å². The smallest absolute Gasteiger partial charge is 0.0648 e. The van der Waals surface area contributed by atoms with E-state index in [0.717, 1.165) is 18.3 Å². The lowest BCUT2D eigenvalue weighted by atomic mass is 9.69. The van der Waals surface area contributed by atoms with Crippen LogP contribution >= 0.6 is 0 Å². The molecule has 1 fully saturated rings. The molecule has 3 unspecified atom stereocenters. The monoisotopic (exact) mass is 226 g/mol. The second kappa shape index (κ2) is 6.05. The molecular weight excluding hydrogens is 196 g/mol. The summed E-state index contributed by atoms with van der Waals surface area (Å²) in [4.78, 5) is 0. The molecule has 0 spiro atoms. The first kappa shape index (κ1) is 14.0. The highest BCUT2D eigenvalue weighted by atomic mass is 16.3. The van der Waals surface area contributed by atoms with E-state index in [9.17, 15) is 5.11 Å². The Morgan fingerprint density at radius 3 is 2.12 bits per heavy atom. The van der Waals surface area contributed by atoms with Crippen LogP contribution in [0, 0.1) is 17.8 Å². The molecule has 0 aromatic rings. The Labute approximate surface area is 102 Å². The summed E-state index contributed by atoms with van der Waals surface area (Å²) in [6, 6.07) is 0. The van der Waals surface area contributed by atoms with Gasteiger partial charge in [0.2, 0.25) is 0 Å². The van der Waals surface area contributed by atoms with Gasteiger partial charge >= 0.3 is 0 Å². The Morgan fingerprint density at radius 2 is 1.62 bits per heavy atom. The van der Waals surface area contributed by atoms with Gasteiger partial charge in [-0.25, -0.2) is 0 Å². The van der Waals surface area contributed by atoms with Crippen molar-refractivity contribution >= 4 is 0 Å². The van der Waals surface area contributed by atoms with Crippen LogP contribution in [0.2, 0.25) is 0 Å². The van der Waals surface area contributed by atoms with Crippen LogP contribution in [0.3, 0.4) is 0 Å². The summed E-state index contributed by atoms with van der Waals surface area (Å²) >= 11 is 0. The fraction of sp³-hybridized carbons (Fsp3) is 1.00. The van der Waals surface area contributed by atoms with Crippen LogP contribution in [-0.2, 0) is 0 Å². The normalized spacial score (nSPS) is 34.7. The van der Waals surface area contributed by atoms with Crippen molar-refractivity contribution in [1.29, 1.82) is 0 Å². The van der Waals surface area contributed by atoms with E-state index >= 15 is 0 Å². The van der Waals surface area contributed by atoms with E-state index < -0.39 is 5.60 Å². The Bertz CT molecular complexity index is 188. The van der Waals surface area contributed by atoms with Crippen LogP contribution < -0.4 is 0 Å². The second-order valence-electron chi connectivity index (χ2n) is 6.43. The van der Waals surface area contributed by atoms with Gasteiger partial charge in [-0.1, -0.05) is 40.0 Å². The lowest BCUT2D eigenvalue weighted by Crippen LogP contribution is -2.39. The minimum Gasteiger partial charge on any atom is -0.390 e. The average molecular weight is 226 g/mol. The average Bonchev–Trinajstić information content (AvgIpc) is 2.16. The van der Waals surface area contributed by atoms with Gasteiger partial charge in [-0.3, -0.25) is 0 Å². The summed E-state index contributed by atoms with van der Waals surface area (Å²) in [7, 11) is 0. The highest BCUT2D eigenvalue weighted by molar-refractivity contribution is 4.87. The van der Waals surface area contributed by atoms with Crippen LogP contribution in [0.4, 0.5) is 0 Å². The van der Waals surface area contributed by atoms with Crippen molar-refractivity contribution in [2.24, 2.45) is 17.8 Å². The molecule has 1 rings (SSSR count). The summed E-state index contributed by atoms with van der Waals surface area (Å²) in [5.41, 5.74) is -0.419. The van der Waals surface area contributed by atoms with E-state index in [0.29, 0.717) is 5.92 Å². The molecule has 0 aromatic heterocycles.